The van der Waals surface area contributed by atoms with E-state index in [9.17, 15) is 0 Å². The van der Waals surface area contributed by atoms with Crippen LogP contribution in [0, 0.1) is 0 Å². The van der Waals surface area contributed by atoms with Crippen molar-refractivity contribution >= 4 is 43.5 Å². The number of hydrogen-bond donors (Lipinski definition) is 1. The summed E-state index contributed by atoms with van der Waals surface area (Å²) in [6.07, 6.45) is 0. The van der Waals surface area contributed by atoms with Crippen LogP contribution in [0.1, 0.15) is 17.2 Å². The van der Waals surface area contributed by atoms with E-state index in [2.05, 4.69) is 31.9 Å². The van der Waals surface area contributed by atoms with Gasteiger partial charge in [0.25, 0.3) is 0 Å². The Balaban J connectivity index is 2.35. The number of halogens is 3. The Morgan fingerprint density at radius 2 is 1.63 bits per heavy atom. The molecular formula is C14H12Br2ClNO. The van der Waals surface area contributed by atoms with Crippen LogP contribution in [-0.2, 0) is 0 Å². The first-order valence-corrected chi connectivity index (χ1v) is 7.53. The molecule has 0 saturated heterocycles. The number of ether oxygens (including phenoxy) is 1. The van der Waals surface area contributed by atoms with E-state index < -0.39 is 0 Å². The molecule has 0 aromatic heterocycles. The summed E-state index contributed by atoms with van der Waals surface area (Å²) < 4.78 is 6.94. The minimum atomic E-state index is -0.212. The van der Waals surface area contributed by atoms with Gasteiger partial charge in [0, 0.05) is 4.47 Å². The molecule has 0 spiro atoms. The Labute approximate surface area is 134 Å². The lowest BCUT2D eigenvalue weighted by molar-refractivity contribution is 0.412. The van der Waals surface area contributed by atoms with Crippen molar-refractivity contribution in [3.8, 4) is 5.75 Å². The Morgan fingerprint density at radius 3 is 2.16 bits per heavy atom. The zero-order valence-corrected chi connectivity index (χ0v) is 14.1. The van der Waals surface area contributed by atoms with Gasteiger partial charge in [0.15, 0.2) is 0 Å². The average Bonchev–Trinajstić information content (AvgIpc) is 2.41. The highest BCUT2D eigenvalue weighted by molar-refractivity contribution is 9.10. The van der Waals surface area contributed by atoms with Crippen molar-refractivity contribution in [2.45, 2.75) is 6.04 Å². The Bertz CT molecular complexity index is 604. The van der Waals surface area contributed by atoms with E-state index in [4.69, 9.17) is 22.1 Å². The van der Waals surface area contributed by atoms with Crippen LogP contribution in [-0.4, -0.2) is 7.11 Å². The van der Waals surface area contributed by atoms with Gasteiger partial charge in [-0.25, -0.2) is 0 Å². The van der Waals surface area contributed by atoms with Crippen LogP contribution in [0.25, 0.3) is 0 Å². The maximum absolute atomic E-state index is 6.27. The van der Waals surface area contributed by atoms with Crippen LogP contribution in [0.3, 0.4) is 0 Å². The third-order valence-electron chi connectivity index (χ3n) is 2.84. The number of benzene rings is 2. The minimum absolute atomic E-state index is 0.212. The number of rotatable bonds is 3. The molecule has 5 heteroatoms. The van der Waals surface area contributed by atoms with Gasteiger partial charge in [0.1, 0.15) is 5.75 Å². The van der Waals surface area contributed by atoms with E-state index in [1.54, 1.807) is 7.11 Å². The highest BCUT2D eigenvalue weighted by atomic mass is 79.9. The number of nitrogens with two attached hydrogens (primary N) is 1. The van der Waals surface area contributed by atoms with Gasteiger partial charge in [-0.1, -0.05) is 23.7 Å². The topological polar surface area (TPSA) is 35.2 Å². The molecule has 1 atom stereocenters. The molecule has 2 aromatic carbocycles. The second kappa shape index (κ2) is 6.27. The van der Waals surface area contributed by atoms with Gasteiger partial charge < -0.3 is 10.5 Å². The molecule has 2 N–H and O–H groups in total. The normalized spacial score (nSPS) is 12.3. The molecule has 0 aliphatic rings. The lowest BCUT2D eigenvalue weighted by Gasteiger charge is -2.15. The Hall–Kier alpha value is -0.550. The van der Waals surface area contributed by atoms with Crippen LogP contribution >= 0.6 is 43.5 Å². The molecule has 0 heterocycles. The van der Waals surface area contributed by atoms with Crippen LogP contribution in [0.2, 0.25) is 5.02 Å². The highest BCUT2D eigenvalue weighted by Gasteiger charge is 2.12. The van der Waals surface area contributed by atoms with E-state index in [1.807, 2.05) is 36.4 Å². The molecule has 0 aliphatic carbocycles. The van der Waals surface area contributed by atoms with Crippen molar-refractivity contribution < 1.29 is 4.74 Å². The maximum atomic E-state index is 6.27. The van der Waals surface area contributed by atoms with Gasteiger partial charge in [-0.2, -0.15) is 0 Å². The second-order valence-corrected chi connectivity index (χ2v) is 6.16. The third-order valence-corrected chi connectivity index (χ3v) is 4.67. The van der Waals surface area contributed by atoms with Gasteiger partial charge in [-0.15, -0.1) is 0 Å². The zero-order valence-electron chi connectivity index (χ0n) is 10.2. The summed E-state index contributed by atoms with van der Waals surface area (Å²) in [4.78, 5) is 0. The zero-order chi connectivity index (χ0) is 14.0. The molecule has 0 bridgehead atoms. The van der Waals surface area contributed by atoms with Crippen molar-refractivity contribution in [3.63, 3.8) is 0 Å². The smallest absolute Gasteiger partial charge is 0.133 e. The average molecular weight is 406 g/mol. The molecule has 2 aromatic rings. The summed E-state index contributed by atoms with van der Waals surface area (Å²) in [6.45, 7) is 0. The fourth-order valence-corrected chi connectivity index (χ4v) is 2.85. The van der Waals surface area contributed by atoms with Gasteiger partial charge in [-0.05, 0) is 67.3 Å². The molecule has 1 unspecified atom stereocenters. The van der Waals surface area contributed by atoms with E-state index in [-0.39, 0.29) is 6.04 Å². The monoisotopic (exact) mass is 403 g/mol. The molecule has 2 nitrogen and oxygen atoms in total. The van der Waals surface area contributed by atoms with E-state index in [0.29, 0.717) is 5.02 Å². The molecule has 0 amide bonds. The van der Waals surface area contributed by atoms with Crippen LogP contribution in [0.4, 0.5) is 0 Å². The molecule has 0 saturated carbocycles. The first kappa shape index (κ1) is 14.9. The summed E-state index contributed by atoms with van der Waals surface area (Å²) in [6, 6.07) is 11.3. The predicted octanol–water partition coefficient (Wildman–Crippen LogP) is 4.92. The molecule has 19 heavy (non-hydrogen) atoms. The predicted molar refractivity (Wildman–Crippen MR) is 85.9 cm³/mol. The summed E-state index contributed by atoms with van der Waals surface area (Å²) >= 11 is 12.9. The highest BCUT2D eigenvalue weighted by Crippen LogP contribution is 2.31. The molecule has 100 valence electrons. The molecule has 0 radical (unpaired) electrons. The van der Waals surface area contributed by atoms with Crippen LogP contribution in [0.15, 0.2) is 45.3 Å². The fourth-order valence-electron chi connectivity index (χ4n) is 1.77. The quantitative estimate of drug-likeness (QED) is 0.787. The van der Waals surface area contributed by atoms with Gasteiger partial charge in [0.05, 0.1) is 22.6 Å². The molecule has 2 rings (SSSR count). The Kier molecular flexibility index (Phi) is 4.90. The second-order valence-electron chi connectivity index (χ2n) is 4.05. The molecule has 0 aliphatic heterocycles. The lowest BCUT2D eigenvalue weighted by Crippen LogP contribution is -2.11. The van der Waals surface area contributed by atoms with Gasteiger partial charge in [-0.3, -0.25) is 0 Å². The minimum Gasteiger partial charge on any atom is -0.496 e. The largest absolute Gasteiger partial charge is 0.496 e. The van der Waals surface area contributed by atoms with Crippen LogP contribution < -0.4 is 10.5 Å². The maximum Gasteiger partial charge on any atom is 0.133 e. The SMILES string of the molecule is COc1ccc(C(N)c2ccc(Cl)c(Br)c2)cc1Br. The summed E-state index contributed by atoms with van der Waals surface area (Å²) in [5.41, 5.74) is 8.27. The third kappa shape index (κ3) is 3.31. The van der Waals surface area contributed by atoms with Gasteiger partial charge >= 0.3 is 0 Å². The van der Waals surface area contributed by atoms with Crippen molar-refractivity contribution in [3.05, 3.63) is 61.5 Å². The standard InChI is InChI=1S/C14H12Br2ClNO/c1-19-13-5-3-9(7-11(13)16)14(18)8-2-4-12(17)10(15)6-8/h2-7,14H,18H2,1H3. The van der Waals surface area contributed by atoms with Crippen molar-refractivity contribution in [1.82, 2.24) is 0 Å². The fraction of sp³-hybridized carbons (Fsp3) is 0.143. The molecule has 0 fully saturated rings. The lowest BCUT2D eigenvalue weighted by atomic mass is 10.00. The first-order chi connectivity index (χ1) is 9.02. The van der Waals surface area contributed by atoms with E-state index in [1.165, 1.54) is 0 Å². The van der Waals surface area contributed by atoms with Gasteiger partial charge in [0.2, 0.25) is 0 Å². The van der Waals surface area contributed by atoms with E-state index >= 15 is 0 Å². The summed E-state index contributed by atoms with van der Waals surface area (Å²) in [7, 11) is 1.63. The van der Waals surface area contributed by atoms with Crippen molar-refractivity contribution in [2.75, 3.05) is 7.11 Å². The first-order valence-electron chi connectivity index (χ1n) is 5.57. The Morgan fingerprint density at radius 1 is 1.05 bits per heavy atom. The van der Waals surface area contributed by atoms with Crippen LogP contribution in [0.5, 0.6) is 5.75 Å². The summed E-state index contributed by atoms with van der Waals surface area (Å²) in [5, 5.41) is 0.673. The summed E-state index contributed by atoms with van der Waals surface area (Å²) in [5.74, 6) is 0.785. The number of methoxy groups -OCH3 is 1. The van der Waals surface area contributed by atoms with E-state index in [0.717, 1.165) is 25.8 Å². The van der Waals surface area contributed by atoms with Crippen molar-refractivity contribution in [1.29, 1.82) is 0 Å². The molecular weight excluding hydrogens is 393 g/mol. The van der Waals surface area contributed by atoms with Crippen molar-refractivity contribution in [2.24, 2.45) is 5.73 Å². The number of hydrogen-bond acceptors (Lipinski definition) is 2.